The maximum absolute atomic E-state index is 12.0. The minimum absolute atomic E-state index is 0.101. The van der Waals surface area contributed by atoms with Crippen LogP contribution in [0.4, 0.5) is 0 Å². The van der Waals surface area contributed by atoms with E-state index < -0.39 is 9.84 Å². The Kier molecular flexibility index (Phi) is 3.59. The molecule has 2 saturated carbocycles. The Balaban J connectivity index is 1.89. The van der Waals surface area contributed by atoms with Gasteiger partial charge in [-0.3, -0.25) is 0 Å². The van der Waals surface area contributed by atoms with Crippen molar-refractivity contribution < 1.29 is 8.42 Å². The molecule has 2 rings (SSSR count). The lowest BCUT2D eigenvalue weighted by Gasteiger charge is -2.22. The van der Waals surface area contributed by atoms with E-state index in [-0.39, 0.29) is 11.7 Å². The van der Waals surface area contributed by atoms with Gasteiger partial charge in [0.15, 0.2) is 9.84 Å². The summed E-state index contributed by atoms with van der Waals surface area (Å²) in [6.45, 7) is 2.38. The van der Waals surface area contributed by atoms with Gasteiger partial charge >= 0.3 is 0 Å². The van der Waals surface area contributed by atoms with Crippen LogP contribution in [0.15, 0.2) is 0 Å². The second-order valence-corrected chi connectivity index (χ2v) is 8.01. The van der Waals surface area contributed by atoms with Gasteiger partial charge in [0.1, 0.15) is 0 Å². The lowest BCUT2D eigenvalue weighted by atomic mass is 9.90. The molecule has 0 radical (unpaired) electrons. The molecule has 2 fully saturated rings. The topological polar surface area (TPSA) is 60.2 Å². The summed E-state index contributed by atoms with van der Waals surface area (Å²) in [4.78, 5) is 0. The lowest BCUT2D eigenvalue weighted by Crippen LogP contribution is -2.28. The number of sulfone groups is 1. The molecule has 4 heteroatoms. The van der Waals surface area contributed by atoms with Crippen molar-refractivity contribution in [3.8, 4) is 0 Å². The lowest BCUT2D eigenvalue weighted by molar-refractivity contribution is 0.360. The summed E-state index contributed by atoms with van der Waals surface area (Å²) in [5.41, 5.74) is 5.48. The molecule has 0 aliphatic heterocycles. The van der Waals surface area contributed by atoms with Crippen LogP contribution in [0.25, 0.3) is 0 Å². The second kappa shape index (κ2) is 4.65. The van der Waals surface area contributed by atoms with Crippen molar-refractivity contribution in [1.29, 1.82) is 0 Å². The molecule has 0 spiro atoms. The zero-order valence-corrected chi connectivity index (χ0v) is 10.9. The summed E-state index contributed by atoms with van der Waals surface area (Å²) in [7, 11) is -2.88. The highest BCUT2D eigenvalue weighted by molar-refractivity contribution is 7.91. The van der Waals surface area contributed by atoms with E-state index in [1.807, 2.05) is 6.92 Å². The highest BCUT2D eigenvalue weighted by atomic mass is 32.2. The average molecular weight is 245 g/mol. The van der Waals surface area contributed by atoms with Gasteiger partial charge in [0.05, 0.1) is 11.5 Å². The van der Waals surface area contributed by atoms with Crippen LogP contribution >= 0.6 is 0 Å². The van der Waals surface area contributed by atoms with E-state index in [0.717, 1.165) is 12.3 Å². The van der Waals surface area contributed by atoms with Gasteiger partial charge in [-0.1, -0.05) is 13.3 Å². The van der Waals surface area contributed by atoms with Crippen molar-refractivity contribution in [2.45, 2.75) is 32.6 Å². The van der Waals surface area contributed by atoms with Gasteiger partial charge in [-0.05, 0) is 49.5 Å². The summed E-state index contributed by atoms with van der Waals surface area (Å²) in [5.74, 6) is 2.78. The van der Waals surface area contributed by atoms with Gasteiger partial charge in [-0.2, -0.15) is 0 Å². The first-order valence-corrected chi connectivity index (χ1v) is 8.23. The summed E-state index contributed by atoms with van der Waals surface area (Å²) < 4.78 is 24.0. The van der Waals surface area contributed by atoms with Gasteiger partial charge in [-0.15, -0.1) is 0 Å². The molecular formula is C12H23NO2S. The molecule has 4 unspecified atom stereocenters. The van der Waals surface area contributed by atoms with Crippen LogP contribution in [0.2, 0.25) is 0 Å². The fraction of sp³-hybridized carbons (Fsp3) is 1.00. The maximum Gasteiger partial charge on any atom is 0.150 e. The predicted molar refractivity (Wildman–Crippen MR) is 65.8 cm³/mol. The minimum Gasteiger partial charge on any atom is -0.330 e. The van der Waals surface area contributed by atoms with Crippen molar-refractivity contribution in [2.24, 2.45) is 29.4 Å². The summed E-state index contributed by atoms with van der Waals surface area (Å²) in [6.07, 6.45) is 5.03. The van der Waals surface area contributed by atoms with Crippen LogP contribution in [0, 0.1) is 23.7 Å². The van der Waals surface area contributed by atoms with E-state index in [1.54, 1.807) is 0 Å². The van der Waals surface area contributed by atoms with Crippen molar-refractivity contribution in [3.63, 3.8) is 0 Å². The SMILES string of the molecule is CC(CN)CS(=O)(=O)CC1CC2CCC1C2. The van der Waals surface area contributed by atoms with Gasteiger partial charge in [0, 0.05) is 0 Å². The smallest absolute Gasteiger partial charge is 0.150 e. The van der Waals surface area contributed by atoms with Gasteiger partial charge in [0.2, 0.25) is 0 Å². The molecule has 4 atom stereocenters. The first-order chi connectivity index (χ1) is 7.50. The number of hydrogen-bond acceptors (Lipinski definition) is 3. The molecule has 0 aromatic rings. The van der Waals surface area contributed by atoms with Crippen LogP contribution in [0.3, 0.4) is 0 Å². The molecule has 0 aromatic carbocycles. The van der Waals surface area contributed by atoms with E-state index in [0.29, 0.717) is 24.1 Å². The fourth-order valence-corrected chi connectivity index (χ4v) is 5.68. The largest absolute Gasteiger partial charge is 0.330 e. The molecule has 94 valence electrons. The van der Waals surface area contributed by atoms with E-state index in [1.165, 1.54) is 19.3 Å². The van der Waals surface area contributed by atoms with Crippen LogP contribution in [-0.2, 0) is 9.84 Å². The Morgan fingerprint density at radius 3 is 2.56 bits per heavy atom. The Morgan fingerprint density at radius 1 is 1.31 bits per heavy atom. The number of rotatable bonds is 5. The van der Waals surface area contributed by atoms with Crippen LogP contribution in [0.5, 0.6) is 0 Å². The van der Waals surface area contributed by atoms with E-state index in [2.05, 4.69) is 0 Å². The minimum atomic E-state index is -2.88. The molecule has 0 aromatic heterocycles. The monoisotopic (exact) mass is 245 g/mol. The summed E-state index contributed by atoms with van der Waals surface area (Å²) in [6, 6.07) is 0. The molecular weight excluding hydrogens is 222 g/mol. The van der Waals surface area contributed by atoms with E-state index in [9.17, 15) is 8.42 Å². The van der Waals surface area contributed by atoms with Crippen molar-refractivity contribution in [1.82, 2.24) is 0 Å². The molecule has 0 saturated heterocycles. The first-order valence-electron chi connectivity index (χ1n) is 6.40. The Bertz CT molecular complexity index is 339. The van der Waals surface area contributed by atoms with Crippen LogP contribution < -0.4 is 5.73 Å². The Labute approximate surface area is 98.7 Å². The first kappa shape index (κ1) is 12.4. The average Bonchev–Trinajstić information content (AvgIpc) is 2.77. The normalized spacial score (nSPS) is 35.5. The number of nitrogens with two attached hydrogens (primary N) is 1. The molecule has 2 N–H and O–H groups in total. The highest BCUT2D eigenvalue weighted by Crippen LogP contribution is 2.48. The van der Waals surface area contributed by atoms with E-state index in [4.69, 9.17) is 5.73 Å². The summed E-state index contributed by atoms with van der Waals surface area (Å²) >= 11 is 0. The third kappa shape index (κ3) is 2.77. The Hall–Kier alpha value is -0.0900. The quantitative estimate of drug-likeness (QED) is 0.797. The molecule has 2 aliphatic rings. The van der Waals surface area contributed by atoms with Crippen molar-refractivity contribution in [3.05, 3.63) is 0 Å². The third-order valence-electron chi connectivity index (χ3n) is 4.29. The number of fused-ring (bicyclic) bond motifs is 2. The molecule has 0 heterocycles. The second-order valence-electron chi connectivity index (χ2n) is 5.85. The highest BCUT2D eigenvalue weighted by Gasteiger charge is 2.41. The Morgan fingerprint density at radius 2 is 2.06 bits per heavy atom. The zero-order chi connectivity index (χ0) is 11.8. The zero-order valence-electron chi connectivity index (χ0n) is 10.1. The van der Waals surface area contributed by atoms with Crippen LogP contribution in [0.1, 0.15) is 32.6 Å². The molecule has 0 amide bonds. The van der Waals surface area contributed by atoms with Gasteiger partial charge in [0.25, 0.3) is 0 Å². The molecule has 2 aliphatic carbocycles. The van der Waals surface area contributed by atoms with Gasteiger partial charge in [-0.25, -0.2) is 8.42 Å². The standard InChI is InChI=1S/C12H23NO2S/c1-9(6-13)7-16(14,15)8-12-5-10-2-3-11(12)4-10/h9-12H,2-8,13H2,1H3. The molecule has 3 nitrogen and oxygen atoms in total. The van der Waals surface area contributed by atoms with Gasteiger partial charge < -0.3 is 5.73 Å². The van der Waals surface area contributed by atoms with Crippen LogP contribution in [-0.4, -0.2) is 26.5 Å². The number of hydrogen-bond donors (Lipinski definition) is 1. The van der Waals surface area contributed by atoms with E-state index >= 15 is 0 Å². The fourth-order valence-electron chi connectivity index (χ4n) is 3.48. The van der Waals surface area contributed by atoms with Crippen molar-refractivity contribution >= 4 is 9.84 Å². The van der Waals surface area contributed by atoms with Crippen molar-refractivity contribution in [2.75, 3.05) is 18.1 Å². The molecule has 16 heavy (non-hydrogen) atoms. The molecule has 2 bridgehead atoms. The summed E-state index contributed by atoms with van der Waals surface area (Å²) in [5, 5.41) is 0. The third-order valence-corrected chi connectivity index (χ3v) is 6.31. The predicted octanol–water partition coefficient (Wildman–Crippen LogP) is 1.43. The maximum atomic E-state index is 12.0.